The summed E-state index contributed by atoms with van der Waals surface area (Å²) in [6.45, 7) is 8.26. The Labute approximate surface area is 273 Å². The Morgan fingerprint density at radius 2 is 0.872 bits per heavy atom. The number of fused-ring (bicyclic) bond motifs is 5. The molecule has 0 aliphatic heterocycles. The molecule has 0 aliphatic carbocycles. The Morgan fingerprint density at radius 1 is 0.383 bits per heavy atom. The van der Waals surface area contributed by atoms with Crippen LogP contribution in [-0.4, -0.2) is 4.57 Å². The van der Waals surface area contributed by atoms with Gasteiger partial charge in [-0.05, 0) is 67.6 Å². The lowest BCUT2D eigenvalue weighted by Crippen LogP contribution is -1.97. The van der Waals surface area contributed by atoms with Gasteiger partial charge in [-0.15, -0.1) is 0 Å². The minimum Gasteiger partial charge on any atom is -0.309 e. The lowest BCUT2D eigenvalue weighted by molar-refractivity contribution is 1.18. The molecule has 2 nitrogen and oxygen atoms in total. The average Bonchev–Trinajstić information content (AvgIpc) is 3.48. The van der Waals surface area contributed by atoms with Crippen LogP contribution in [0.2, 0.25) is 0 Å². The van der Waals surface area contributed by atoms with Crippen molar-refractivity contribution in [3.05, 3.63) is 181 Å². The van der Waals surface area contributed by atoms with Crippen molar-refractivity contribution in [1.82, 2.24) is 4.57 Å². The molecule has 0 atom stereocenters. The van der Waals surface area contributed by atoms with Crippen molar-refractivity contribution in [3.8, 4) is 39.1 Å². The minimum absolute atomic E-state index is 0.644. The van der Waals surface area contributed by atoms with Gasteiger partial charge in [0.15, 0.2) is 5.69 Å². The third-order valence-electron chi connectivity index (χ3n) is 9.42. The molecule has 0 fully saturated rings. The van der Waals surface area contributed by atoms with Gasteiger partial charge < -0.3 is 4.57 Å². The first-order chi connectivity index (χ1) is 23.3. The number of aromatic nitrogens is 1. The van der Waals surface area contributed by atoms with E-state index in [1.165, 1.54) is 43.7 Å². The predicted molar refractivity (Wildman–Crippen MR) is 198 cm³/mol. The summed E-state index contributed by atoms with van der Waals surface area (Å²) in [5.74, 6) is 0. The Kier molecular flexibility index (Phi) is 6.23. The average molecular weight is 597 g/mol. The molecule has 0 spiro atoms. The van der Waals surface area contributed by atoms with E-state index < -0.39 is 0 Å². The van der Waals surface area contributed by atoms with Crippen LogP contribution in [0, 0.1) is 6.57 Å². The third-order valence-corrected chi connectivity index (χ3v) is 9.42. The van der Waals surface area contributed by atoms with E-state index in [1.807, 2.05) is 6.07 Å². The van der Waals surface area contributed by atoms with E-state index in [-0.39, 0.29) is 0 Å². The highest BCUT2D eigenvalue weighted by molar-refractivity contribution is 6.22. The zero-order valence-electron chi connectivity index (χ0n) is 25.6. The van der Waals surface area contributed by atoms with Gasteiger partial charge in [0.1, 0.15) is 0 Å². The van der Waals surface area contributed by atoms with Gasteiger partial charge in [0.05, 0.1) is 23.3 Å². The van der Waals surface area contributed by atoms with Crippen molar-refractivity contribution in [2.24, 2.45) is 0 Å². The van der Waals surface area contributed by atoms with Crippen molar-refractivity contribution in [3.63, 3.8) is 0 Å². The Morgan fingerprint density at radius 3 is 1.47 bits per heavy atom. The van der Waals surface area contributed by atoms with E-state index >= 15 is 0 Å². The number of hydrogen-bond donors (Lipinski definition) is 0. The van der Waals surface area contributed by atoms with Crippen molar-refractivity contribution in [1.29, 1.82) is 0 Å². The molecule has 0 saturated carbocycles. The van der Waals surface area contributed by atoms with Gasteiger partial charge in [0.25, 0.3) is 0 Å². The monoisotopic (exact) mass is 596 g/mol. The summed E-state index contributed by atoms with van der Waals surface area (Å²) in [6, 6.07) is 60.1. The van der Waals surface area contributed by atoms with E-state index in [9.17, 15) is 0 Å². The highest BCUT2D eigenvalue weighted by Crippen LogP contribution is 2.47. The fourth-order valence-electron chi connectivity index (χ4n) is 7.43. The number of nitrogens with zero attached hydrogens (tertiary/aromatic N) is 2. The zero-order valence-corrected chi connectivity index (χ0v) is 25.6. The first-order valence-corrected chi connectivity index (χ1v) is 15.9. The number of para-hydroxylation sites is 3. The zero-order chi connectivity index (χ0) is 31.3. The van der Waals surface area contributed by atoms with Crippen LogP contribution in [0.25, 0.3) is 87.3 Å². The Balaban J connectivity index is 1.34. The van der Waals surface area contributed by atoms with Gasteiger partial charge in [-0.3, -0.25) is 0 Å². The number of benzene rings is 8. The lowest BCUT2D eigenvalue weighted by Gasteiger charge is -2.19. The van der Waals surface area contributed by atoms with Gasteiger partial charge >= 0.3 is 0 Å². The smallest absolute Gasteiger partial charge is 0.194 e. The molecule has 218 valence electrons. The van der Waals surface area contributed by atoms with Gasteiger partial charge in [0.2, 0.25) is 0 Å². The maximum Gasteiger partial charge on any atom is 0.194 e. The topological polar surface area (TPSA) is 9.29 Å². The van der Waals surface area contributed by atoms with Crippen molar-refractivity contribution >= 4 is 49.0 Å². The second-order valence-electron chi connectivity index (χ2n) is 11.9. The summed E-state index contributed by atoms with van der Waals surface area (Å²) in [5.41, 5.74) is 10.7. The SMILES string of the molecule is [C-]#[N+]c1ccc(-c2ccccc2-n2c3ccccc3c3ccccc32)cc1-c1c2ccccc2c(-c2ccccc2)c2ccccc12. The minimum atomic E-state index is 0.644. The lowest BCUT2D eigenvalue weighted by atomic mass is 9.85. The molecule has 0 saturated heterocycles. The van der Waals surface area contributed by atoms with Crippen molar-refractivity contribution in [2.45, 2.75) is 0 Å². The molecule has 47 heavy (non-hydrogen) atoms. The van der Waals surface area contributed by atoms with Crippen LogP contribution >= 0.6 is 0 Å². The predicted octanol–water partition coefficient (Wildman–Crippen LogP) is 12.6. The number of rotatable bonds is 4. The van der Waals surface area contributed by atoms with Crippen molar-refractivity contribution in [2.75, 3.05) is 0 Å². The quantitative estimate of drug-likeness (QED) is 0.141. The molecule has 0 radical (unpaired) electrons. The molecule has 8 aromatic carbocycles. The van der Waals surface area contributed by atoms with E-state index in [0.717, 1.165) is 38.7 Å². The third kappa shape index (κ3) is 4.18. The molecule has 0 aliphatic rings. The van der Waals surface area contributed by atoms with Crippen LogP contribution in [0.1, 0.15) is 0 Å². The van der Waals surface area contributed by atoms with Gasteiger partial charge in [0, 0.05) is 16.3 Å². The second kappa shape index (κ2) is 10.9. The fraction of sp³-hybridized carbons (Fsp3) is 0. The molecule has 0 bridgehead atoms. The molecule has 0 N–H and O–H groups in total. The highest BCUT2D eigenvalue weighted by Gasteiger charge is 2.20. The standard InChI is InChI=1S/C45H28N2/c1-46-40-28-27-31(32-17-9-12-24-41(32)47-42-25-13-10-18-33(42)34-19-11-14-26-43(34)47)29-39(40)45-37-22-7-5-20-35(37)44(30-15-3-2-4-16-30)36-21-6-8-23-38(36)45/h2-29H. The van der Waals surface area contributed by atoms with E-state index in [4.69, 9.17) is 6.57 Å². The Bertz CT molecular complexity index is 2580. The van der Waals surface area contributed by atoms with E-state index in [0.29, 0.717) is 5.69 Å². The summed E-state index contributed by atoms with van der Waals surface area (Å²) in [4.78, 5) is 4.07. The van der Waals surface area contributed by atoms with Crippen LogP contribution in [0.5, 0.6) is 0 Å². The van der Waals surface area contributed by atoms with Crippen LogP contribution in [0.3, 0.4) is 0 Å². The summed E-state index contributed by atoms with van der Waals surface area (Å²) in [5, 5.41) is 7.11. The highest BCUT2D eigenvalue weighted by atomic mass is 15.0. The van der Waals surface area contributed by atoms with Crippen molar-refractivity contribution < 1.29 is 0 Å². The maximum atomic E-state index is 8.26. The largest absolute Gasteiger partial charge is 0.309 e. The van der Waals surface area contributed by atoms with Crippen LogP contribution in [0.15, 0.2) is 170 Å². The van der Waals surface area contributed by atoms with E-state index in [2.05, 4.69) is 173 Å². The van der Waals surface area contributed by atoms with Gasteiger partial charge in [-0.2, -0.15) is 0 Å². The summed E-state index contributed by atoms with van der Waals surface area (Å²) < 4.78 is 2.38. The molecular weight excluding hydrogens is 569 g/mol. The summed E-state index contributed by atoms with van der Waals surface area (Å²) >= 11 is 0. The molecular formula is C45H28N2. The van der Waals surface area contributed by atoms with E-state index in [1.54, 1.807) is 0 Å². The molecule has 1 heterocycles. The van der Waals surface area contributed by atoms with Crippen LogP contribution in [0.4, 0.5) is 5.69 Å². The normalized spacial score (nSPS) is 11.4. The molecule has 0 amide bonds. The number of hydrogen-bond acceptors (Lipinski definition) is 0. The van der Waals surface area contributed by atoms with Gasteiger partial charge in [-0.25, -0.2) is 4.85 Å². The molecule has 0 unspecified atom stereocenters. The summed E-state index contributed by atoms with van der Waals surface area (Å²) in [7, 11) is 0. The van der Waals surface area contributed by atoms with Crippen LogP contribution in [-0.2, 0) is 0 Å². The first-order valence-electron chi connectivity index (χ1n) is 15.9. The molecule has 9 aromatic rings. The first kappa shape index (κ1) is 26.9. The Hall–Kier alpha value is -6.43. The molecule has 2 heteroatoms. The van der Waals surface area contributed by atoms with Gasteiger partial charge in [-0.1, -0.05) is 152 Å². The molecule has 9 rings (SSSR count). The maximum absolute atomic E-state index is 8.26. The summed E-state index contributed by atoms with van der Waals surface area (Å²) in [6.07, 6.45) is 0. The second-order valence-corrected chi connectivity index (χ2v) is 11.9. The van der Waals surface area contributed by atoms with Crippen LogP contribution < -0.4 is 0 Å². The molecule has 1 aromatic heterocycles. The fourth-order valence-corrected chi connectivity index (χ4v) is 7.43.